The number of hydrogen-bond donors (Lipinski definition) is 2. The number of hydrogen-bond acceptors (Lipinski definition) is 6. The zero-order chi connectivity index (χ0) is 21.4. The van der Waals surface area contributed by atoms with Crippen LogP contribution in [0.1, 0.15) is 15.9 Å². The van der Waals surface area contributed by atoms with Crippen molar-refractivity contribution in [3.05, 3.63) is 53.6 Å². The van der Waals surface area contributed by atoms with E-state index >= 15 is 0 Å². The number of methoxy groups -OCH3 is 2. The van der Waals surface area contributed by atoms with E-state index in [1.807, 2.05) is 6.92 Å². The summed E-state index contributed by atoms with van der Waals surface area (Å²) in [7, 11) is 4.54. The summed E-state index contributed by atoms with van der Waals surface area (Å²) in [5, 5.41) is 5.53. The molecule has 0 saturated heterocycles. The summed E-state index contributed by atoms with van der Waals surface area (Å²) in [6.45, 7) is 1.88. The third-order valence-electron chi connectivity index (χ3n) is 4.13. The molecule has 2 aromatic rings. The van der Waals surface area contributed by atoms with Crippen molar-refractivity contribution in [2.24, 2.45) is 0 Å². The standard InChI is InChI=1S/C21H25N3O5/c1-14-5-6-15(21(27)29-4)11-18(14)23-20(26)13-24(2)12-19(25)22-16-7-9-17(28-3)10-8-16/h5-11H,12-13H2,1-4H3,(H,22,25)(H,23,26). The Morgan fingerprint density at radius 3 is 2.14 bits per heavy atom. The Hall–Kier alpha value is -3.39. The van der Waals surface area contributed by atoms with Gasteiger partial charge in [-0.3, -0.25) is 14.5 Å². The SMILES string of the molecule is COC(=O)c1ccc(C)c(NC(=O)CN(C)CC(=O)Nc2ccc(OC)cc2)c1. The van der Waals surface area contributed by atoms with Gasteiger partial charge in [0, 0.05) is 11.4 Å². The lowest BCUT2D eigenvalue weighted by Gasteiger charge is -2.17. The van der Waals surface area contributed by atoms with E-state index in [0.29, 0.717) is 22.7 Å². The summed E-state index contributed by atoms with van der Waals surface area (Å²) in [5.74, 6) is -0.319. The van der Waals surface area contributed by atoms with Crippen LogP contribution in [0.3, 0.4) is 0 Å². The van der Waals surface area contributed by atoms with E-state index < -0.39 is 5.97 Å². The largest absolute Gasteiger partial charge is 0.497 e. The molecule has 0 saturated carbocycles. The zero-order valence-corrected chi connectivity index (χ0v) is 16.9. The predicted molar refractivity (Wildman–Crippen MR) is 110 cm³/mol. The van der Waals surface area contributed by atoms with Crippen molar-refractivity contribution in [3.63, 3.8) is 0 Å². The molecule has 2 N–H and O–H groups in total. The fourth-order valence-electron chi connectivity index (χ4n) is 2.61. The normalized spacial score (nSPS) is 10.4. The first-order valence-electron chi connectivity index (χ1n) is 8.93. The maximum atomic E-state index is 12.3. The molecule has 0 aromatic heterocycles. The van der Waals surface area contributed by atoms with Gasteiger partial charge in [-0.25, -0.2) is 4.79 Å². The minimum absolute atomic E-state index is 0.0118. The number of likely N-dealkylation sites (N-methyl/N-ethyl adjacent to an activating group) is 1. The van der Waals surface area contributed by atoms with Gasteiger partial charge in [-0.05, 0) is 55.9 Å². The molecule has 0 aliphatic carbocycles. The molecule has 8 heteroatoms. The maximum absolute atomic E-state index is 12.3. The van der Waals surface area contributed by atoms with E-state index in [1.54, 1.807) is 61.5 Å². The molecule has 0 spiro atoms. The van der Waals surface area contributed by atoms with Crippen LogP contribution in [-0.2, 0) is 14.3 Å². The minimum atomic E-state index is -0.479. The van der Waals surface area contributed by atoms with E-state index in [-0.39, 0.29) is 24.9 Å². The van der Waals surface area contributed by atoms with Gasteiger partial charge in [0.15, 0.2) is 0 Å². The van der Waals surface area contributed by atoms with E-state index in [9.17, 15) is 14.4 Å². The van der Waals surface area contributed by atoms with Crippen LogP contribution in [0.4, 0.5) is 11.4 Å². The van der Waals surface area contributed by atoms with Crippen LogP contribution >= 0.6 is 0 Å². The Balaban J connectivity index is 1.88. The van der Waals surface area contributed by atoms with Crippen LogP contribution in [0.5, 0.6) is 5.75 Å². The average Bonchev–Trinajstić information content (AvgIpc) is 2.69. The number of aryl methyl sites for hydroxylation is 1. The quantitative estimate of drug-likeness (QED) is 0.661. The van der Waals surface area contributed by atoms with E-state index in [1.165, 1.54) is 7.11 Å². The topological polar surface area (TPSA) is 97.0 Å². The van der Waals surface area contributed by atoms with Crippen molar-refractivity contribution >= 4 is 29.2 Å². The van der Waals surface area contributed by atoms with Crippen LogP contribution in [0.2, 0.25) is 0 Å². The molecule has 8 nitrogen and oxygen atoms in total. The molecule has 0 aliphatic rings. The van der Waals surface area contributed by atoms with Crippen molar-refractivity contribution < 1.29 is 23.9 Å². The Morgan fingerprint density at radius 1 is 0.931 bits per heavy atom. The summed E-state index contributed by atoms with van der Waals surface area (Å²) >= 11 is 0. The number of carbonyl (C=O) groups excluding carboxylic acids is 3. The number of carbonyl (C=O) groups is 3. The molecule has 2 rings (SSSR count). The summed E-state index contributed by atoms with van der Waals surface area (Å²) < 4.78 is 9.77. The van der Waals surface area contributed by atoms with Gasteiger partial charge < -0.3 is 20.1 Å². The van der Waals surface area contributed by atoms with Crippen molar-refractivity contribution in [2.75, 3.05) is 45.0 Å². The fourth-order valence-corrected chi connectivity index (χ4v) is 2.61. The molecule has 0 bridgehead atoms. The number of nitrogens with zero attached hydrogens (tertiary/aromatic N) is 1. The van der Waals surface area contributed by atoms with Gasteiger partial charge in [-0.2, -0.15) is 0 Å². The van der Waals surface area contributed by atoms with E-state index in [4.69, 9.17) is 9.47 Å². The summed E-state index contributed by atoms with van der Waals surface area (Å²) in [5.41, 5.74) is 2.32. The molecule has 0 heterocycles. The molecule has 0 radical (unpaired) electrons. The molecular weight excluding hydrogens is 374 g/mol. The monoisotopic (exact) mass is 399 g/mol. The van der Waals surface area contributed by atoms with Gasteiger partial charge in [0.1, 0.15) is 5.75 Å². The van der Waals surface area contributed by atoms with Crippen LogP contribution in [0.25, 0.3) is 0 Å². The van der Waals surface area contributed by atoms with Crippen molar-refractivity contribution in [3.8, 4) is 5.75 Å². The molecule has 0 fully saturated rings. The average molecular weight is 399 g/mol. The third kappa shape index (κ3) is 6.62. The van der Waals surface area contributed by atoms with Gasteiger partial charge in [0.05, 0.1) is 32.9 Å². The Morgan fingerprint density at radius 2 is 1.55 bits per heavy atom. The van der Waals surface area contributed by atoms with Crippen molar-refractivity contribution in [1.29, 1.82) is 0 Å². The summed E-state index contributed by atoms with van der Waals surface area (Å²) in [6, 6.07) is 11.9. The third-order valence-corrected chi connectivity index (χ3v) is 4.13. The first-order valence-corrected chi connectivity index (χ1v) is 8.93. The second-order valence-electron chi connectivity index (χ2n) is 6.52. The smallest absolute Gasteiger partial charge is 0.337 e. The molecule has 2 aromatic carbocycles. The lowest BCUT2D eigenvalue weighted by Crippen LogP contribution is -2.36. The Kier molecular flexibility index (Phi) is 7.73. The lowest BCUT2D eigenvalue weighted by molar-refractivity contribution is -0.119. The highest BCUT2D eigenvalue weighted by Crippen LogP contribution is 2.18. The molecule has 2 amide bonds. The molecule has 154 valence electrons. The van der Waals surface area contributed by atoms with Gasteiger partial charge in [0.2, 0.25) is 11.8 Å². The lowest BCUT2D eigenvalue weighted by atomic mass is 10.1. The molecule has 29 heavy (non-hydrogen) atoms. The fraction of sp³-hybridized carbons (Fsp3) is 0.286. The van der Waals surface area contributed by atoms with Gasteiger partial charge >= 0.3 is 5.97 Å². The maximum Gasteiger partial charge on any atom is 0.337 e. The van der Waals surface area contributed by atoms with Crippen molar-refractivity contribution in [2.45, 2.75) is 6.92 Å². The van der Waals surface area contributed by atoms with Gasteiger partial charge in [-0.1, -0.05) is 6.07 Å². The number of ether oxygens (including phenoxy) is 2. The predicted octanol–water partition coefficient (Wildman–Crippen LogP) is 2.30. The number of amides is 2. The van der Waals surface area contributed by atoms with E-state index in [2.05, 4.69) is 10.6 Å². The van der Waals surface area contributed by atoms with Gasteiger partial charge in [-0.15, -0.1) is 0 Å². The van der Waals surface area contributed by atoms with Crippen LogP contribution in [0, 0.1) is 6.92 Å². The Bertz CT molecular complexity index is 880. The highest BCUT2D eigenvalue weighted by molar-refractivity contribution is 5.97. The number of anilines is 2. The van der Waals surface area contributed by atoms with Crippen LogP contribution in [-0.4, -0.2) is 57.0 Å². The van der Waals surface area contributed by atoms with Crippen LogP contribution < -0.4 is 15.4 Å². The molecular formula is C21H25N3O5. The molecule has 0 aliphatic heterocycles. The van der Waals surface area contributed by atoms with Crippen LogP contribution in [0.15, 0.2) is 42.5 Å². The first kappa shape index (κ1) is 21.9. The Labute approximate surface area is 169 Å². The van der Waals surface area contributed by atoms with Gasteiger partial charge in [0.25, 0.3) is 0 Å². The zero-order valence-electron chi connectivity index (χ0n) is 16.9. The highest BCUT2D eigenvalue weighted by atomic mass is 16.5. The number of esters is 1. The highest BCUT2D eigenvalue weighted by Gasteiger charge is 2.14. The second kappa shape index (κ2) is 10.2. The second-order valence-corrected chi connectivity index (χ2v) is 6.52. The van der Waals surface area contributed by atoms with Crippen molar-refractivity contribution in [1.82, 2.24) is 4.90 Å². The molecule has 0 atom stereocenters. The number of nitrogens with one attached hydrogen (secondary N) is 2. The minimum Gasteiger partial charge on any atom is -0.497 e. The number of rotatable bonds is 8. The van der Waals surface area contributed by atoms with E-state index in [0.717, 1.165) is 5.56 Å². The number of benzene rings is 2. The summed E-state index contributed by atoms with van der Waals surface area (Å²) in [4.78, 5) is 37.7. The first-order chi connectivity index (χ1) is 13.8. The molecule has 0 unspecified atom stereocenters. The summed E-state index contributed by atoms with van der Waals surface area (Å²) in [6.07, 6.45) is 0.